The standard InChI is InChI=1S/C13H22N2O2/c1-15-11(7-8-14-15)5-6-12(16)10-13-4-2-3-9-17-13/h7-8,12-13,16H,2-6,9-10H2,1H3. The lowest BCUT2D eigenvalue weighted by Gasteiger charge is -2.24. The Morgan fingerprint density at radius 1 is 1.59 bits per heavy atom. The lowest BCUT2D eigenvalue weighted by Crippen LogP contribution is -2.25. The highest BCUT2D eigenvalue weighted by Gasteiger charge is 2.18. The number of nitrogens with zero attached hydrogens (tertiary/aromatic N) is 2. The van der Waals surface area contributed by atoms with E-state index in [1.165, 1.54) is 18.5 Å². The van der Waals surface area contributed by atoms with Gasteiger partial charge in [0.2, 0.25) is 0 Å². The number of ether oxygens (including phenoxy) is 1. The van der Waals surface area contributed by atoms with Crippen LogP contribution in [-0.2, 0) is 18.2 Å². The second-order valence-electron chi connectivity index (χ2n) is 4.86. The Labute approximate surface area is 103 Å². The highest BCUT2D eigenvalue weighted by Crippen LogP contribution is 2.18. The maximum absolute atomic E-state index is 9.98. The van der Waals surface area contributed by atoms with Crippen molar-refractivity contribution in [1.29, 1.82) is 0 Å². The van der Waals surface area contributed by atoms with Crippen molar-refractivity contribution in [1.82, 2.24) is 9.78 Å². The molecule has 2 heterocycles. The first-order valence-electron chi connectivity index (χ1n) is 6.52. The van der Waals surface area contributed by atoms with E-state index in [-0.39, 0.29) is 12.2 Å². The van der Waals surface area contributed by atoms with Crippen molar-refractivity contribution in [2.45, 2.75) is 50.7 Å². The fourth-order valence-corrected chi connectivity index (χ4v) is 2.38. The van der Waals surface area contributed by atoms with Crippen molar-refractivity contribution in [2.75, 3.05) is 6.61 Å². The van der Waals surface area contributed by atoms with Gasteiger partial charge in [-0.05, 0) is 44.6 Å². The smallest absolute Gasteiger partial charge is 0.0599 e. The van der Waals surface area contributed by atoms with E-state index in [0.717, 1.165) is 32.3 Å². The molecule has 4 nitrogen and oxygen atoms in total. The SMILES string of the molecule is Cn1nccc1CCC(O)CC1CCCCO1. The molecule has 0 bridgehead atoms. The van der Waals surface area contributed by atoms with E-state index in [4.69, 9.17) is 4.74 Å². The molecule has 1 saturated heterocycles. The second-order valence-corrected chi connectivity index (χ2v) is 4.86. The van der Waals surface area contributed by atoms with E-state index in [2.05, 4.69) is 5.10 Å². The molecule has 0 aliphatic carbocycles. The van der Waals surface area contributed by atoms with Crippen molar-refractivity contribution in [2.24, 2.45) is 7.05 Å². The van der Waals surface area contributed by atoms with Gasteiger partial charge in [-0.25, -0.2) is 0 Å². The van der Waals surface area contributed by atoms with Crippen LogP contribution in [-0.4, -0.2) is 33.7 Å². The molecular formula is C13H22N2O2. The lowest BCUT2D eigenvalue weighted by atomic mass is 10.0. The Bertz CT molecular complexity index is 332. The molecule has 1 fully saturated rings. The first kappa shape index (κ1) is 12.6. The molecule has 0 saturated carbocycles. The molecule has 2 unspecified atom stereocenters. The zero-order valence-corrected chi connectivity index (χ0v) is 10.5. The topological polar surface area (TPSA) is 47.3 Å². The zero-order chi connectivity index (χ0) is 12.1. The van der Waals surface area contributed by atoms with Crippen LogP contribution in [0.15, 0.2) is 12.3 Å². The predicted molar refractivity (Wildman–Crippen MR) is 65.7 cm³/mol. The number of aliphatic hydroxyl groups excluding tert-OH is 1. The number of hydrogen-bond acceptors (Lipinski definition) is 3. The largest absolute Gasteiger partial charge is 0.393 e. The van der Waals surface area contributed by atoms with E-state index in [9.17, 15) is 5.11 Å². The Morgan fingerprint density at radius 2 is 2.47 bits per heavy atom. The molecule has 1 aromatic rings. The summed E-state index contributed by atoms with van der Waals surface area (Å²) in [5.74, 6) is 0. The van der Waals surface area contributed by atoms with E-state index >= 15 is 0 Å². The molecule has 2 rings (SSSR count). The van der Waals surface area contributed by atoms with Crippen molar-refractivity contribution < 1.29 is 9.84 Å². The highest BCUT2D eigenvalue weighted by molar-refractivity contribution is 5.00. The summed E-state index contributed by atoms with van der Waals surface area (Å²) in [5.41, 5.74) is 1.17. The number of rotatable bonds is 5. The fraction of sp³-hybridized carbons (Fsp3) is 0.769. The van der Waals surface area contributed by atoms with Crippen molar-refractivity contribution in [3.05, 3.63) is 18.0 Å². The van der Waals surface area contributed by atoms with Gasteiger partial charge >= 0.3 is 0 Å². The molecule has 4 heteroatoms. The van der Waals surface area contributed by atoms with Crippen LogP contribution in [0.2, 0.25) is 0 Å². The van der Waals surface area contributed by atoms with Crippen LogP contribution in [0.4, 0.5) is 0 Å². The van der Waals surface area contributed by atoms with Crippen LogP contribution < -0.4 is 0 Å². The number of aromatic nitrogens is 2. The van der Waals surface area contributed by atoms with Gasteiger partial charge in [-0.3, -0.25) is 4.68 Å². The normalized spacial score (nSPS) is 22.6. The van der Waals surface area contributed by atoms with Crippen LogP contribution >= 0.6 is 0 Å². The molecule has 0 aromatic carbocycles. The van der Waals surface area contributed by atoms with Crippen LogP contribution in [0, 0.1) is 0 Å². The lowest BCUT2D eigenvalue weighted by molar-refractivity contribution is -0.0163. The Kier molecular flexibility index (Phi) is 4.57. The third-order valence-corrected chi connectivity index (χ3v) is 3.47. The van der Waals surface area contributed by atoms with Crippen LogP contribution in [0.3, 0.4) is 0 Å². The third kappa shape index (κ3) is 3.82. The summed E-state index contributed by atoms with van der Waals surface area (Å²) in [4.78, 5) is 0. The Morgan fingerprint density at radius 3 is 3.12 bits per heavy atom. The van der Waals surface area contributed by atoms with Gasteiger partial charge in [0, 0.05) is 25.5 Å². The van der Waals surface area contributed by atoms with Gasteiger partial charge in [0.25, 0.3) is 0 Å². The maximum atomic E-state index is 9.98. The Hall–Kier alpha value is -0.870. The summed E-state index contributed by atoms with van der Waals surface area (Å²) < 4.78 is 7.50. The summed E-state index contributed by atoms with van der Waals surface area (Å²) >= 11 is 0. The van der Waals surface area contributed by atoms with Crippen molar-refractivity contribution in [3.63, 3.8) is 0 Å². The minimum Gasteiger partial charge on any atom is -0.393 e. The molecule has 0 spiro atoms. The summed E-state index contributed by atoms with van der Waals surface area (Å²) in [6, 6.07) is 2.00. The van der Waals surface area contributed by atoms with Crippen LogP contribution in [0.25, 0.3) is 0 Å². The van der Waals surface area contributed by atoms with Crippen LogP contribution in [0.1, 0.15) is 37.8 Å². The van der Waals surface area contributed by atoms with Gasteiger partial charge in [0.15, 0.2) is 0 Å². The molecule has 1 aliphatic rings. The summed E-state index contributed by atoms with van der Waals surface area (Å²) in [7, 11) is 1.94. The molecule has 1 aromatic heterocycles. The maximum Gasteiger partial charge on any atom is 0.0599 e. The molecule has 1 N–H and O–H groups in total. The molecule has 1 aliphatic heterocycles. The predicted octanol–water partition coefficient (Wildman–Crippen LogP) is 1.67. The quantitative estimate of drug-likeness (QED) is 0.849. The summed E-state index contributed by atoms with van der Waals surface area (Å²) in [6.45, 7) is 0.860. The van der Waals surface area contributed by atoms with Gasteiger partial charge in [0.05, 0.1) is 12.2 Å². The highest BCUT2D eigenvalue weighted by atomic mass is 16.5. The van der Waals surface area contributed by atoms with Gasteiger partial charge in [-0.2, -0.15) is 5.10 Å². The minimum atomic E-state index is -0.256. The van der Waals surface area contributed by atoms with Crippen molar-refractivity contribution in [3.8, 4) is 0 Å². The van der Waals surface area contributed by atoms with E-state index < -0.39 is 0 Å². The second kappa shape index (κ2) is 6.17. The van der Waals surface area contributed by atoms with Gasteiger partial charge < -0.3 is 9.84 Å². The zero-order valence-electron chi connectivity index (χ0n) is 10.5. The summed E-state index contributed by atoms with van der Waals surface area (Å²) in [5, 5.41) is 14.1. The molecular weight excluding hydrogens is 216 g/mol. The van der Waals surface area contributed by atoms with E-state index in [1.807, 2.05) is 17.8 Å². The molecule has 96 valence electrons. The minimum absolute atomic E-state index is 0.256. The number of hydrogen-bond donors (Lipinski definition) is 1. The van der Waals surface area contributed by atoms with Crippen molar-refractivity contribution >= 4 is 0 Å². The average molecular weight is 238 g/mol. The number of aryl methyl sites for hydroxylation is 2. The molecule has 2 atom stereocenters. The first-order valence-corrected chi connectivity index (χ1v) is 6.52. The first-order chi connectivity index (χ1) is 8.25. The molecule has 0 amide bonds. The van der Waals surface area contributed by atoms with Gasteiger partial charge in [0.1, 0.15) is 0 Å². The average Bonchev–Trinajstić information content (AvgIpc) is 2.74. The molecule has 17 heavy (non-hydrogen) atoms. The van der Waals surface area contributed by atoms with Gasteiger partial charge in [-0.1, -0.05) is 0 Å². The summed E-state index contributed by atoms with van der Waals surface area (Å²) in [6.07, 6.45) is 7.76. The fourth-order valence-electron chi connectivity index (χ4n) is 2.38. The van der Waals surface area contributed by atoms with E-state index in [1.54, 1.807) is 6.20 Å². The van der Waals surface area contributed by atoms with E-state index in [0.29, 0.717) is 0 Å². The van der Waals surface area contributed by atoms with Gasteiger partial charge in [-0.15, -0.1) is 0 Å². The monoisotopic (exact) mass is 238 g/mol. The molecule has 0 radical (unpaired) electrons. The number of aliphatic hydroxyl groups is 1. The third-order valence-electron chi connectivity index (χ3n) is 3.47. The Balaban J connectivity index is 1.70. The van der Waals surface area contributed by atoms with Crippen LogP contribution in [0.5, 0.6) is 0 Å².